The van der Waals surface area contributed by atoms with Crippen LogP contribution in [0.25, 0.3) is 10.1 Å². The van der Waals surface area contributed by atoms with Gasteiger partial charge in [0.15, 0.2) is 0 Å². The van der Waals surface area contributed by atoms with Crippen molar-refractivity contribution >= 4 is 33.1 Å². The molecule has 0 aromatic carbocycles. The third-order valence-electron chi connectivity index (χ3n) is 4.53. The average molecular weight is 331 g/mol. The second kappa shape index (κ2) is 7.77. The summed E-state index contributed by atoms with van der Waals surface area (Å²) in [7, 11) is 0. The quantitative estimate of drug-likeness (QED) is 0.819. The van der Waals surface area contributed by atoms with E-state index in [9.17, 15) is 4.79 Å². The van der Waals surface area contributed by atoms with E-state index in [-0.39, 0.29) is 11.8 Å². The monoisotopic (exact) mass is 331 g/mol. The van der Waals surface area contributed by atoms with Crippen LogP contribution in [0.5, 0.6) is 0 Å². The lowest BCUT2D eigenvalue weighted by Gasteiger charge is -2.33. The van der Waals surface area contributed by atoms with E-state index in [0.717, 1.165) is 44.7 Å². The highest BCUT2D eigenvalue weighted by molar-refractivity contribution is 7.17. The SMILES string of the molecule is CCCCCNC(=O)[C@H]1CCCN(c2nccc3sccc23)C1. The summed E-state index contributed by atoms with van der Waals surface area (Å²) in [6.45, 7) is 4.75. The molecular formula is C18H25N3OS. The van der Waals surface area contributed by atoms with Gasteiger partial charge in [-0.2, -0.15) is 0 Å². The first-order valence-electron chi connectivity index (χ1n) is 8.64. The molecule has 4 nitrogen and oxygen atoms in total. The lowest BCUT2D eigenvalue weighted by atomic mass is 9.97. The van der Waals surface area contributed by atoms with Gasteiger partial charge in [-0.05, 0) is 36.8 Å². The molecule has 0 aliphatic carbocycles. The fourth-order valence-corrected chi connectivity index (χ4v) is 4.02. The summed E-state index contributed by atoms with van der Waals surface area (Å²) in [5, 5.41) is 6.43. The Morgan fingerprint density at radius 2 is 2.35 bits per heavy atom. The maximum Gasteiger partial charge on any atom is 0.224 e. The number of rotatable bonds is 6. The van der Waals surface area contributed by atoms with Gasteiger partial charge in [0.1, 0.15) is 5.82 Å². The number of piperidine rings is 1. The van der Waals surface area contributed by atoms with E-state index in [0.29, 0.717) is 0 Å². The van der Waals surface area contributed by atoms with Crippen LogP contribution in [0.3, 0.4) is 0 Å². The lowest BCUT2D eigenvalue weighted by molar-refractivity contribution is -0.125. The first-order chi connectivity index (χ1) is 11.3. The fraction of sp³-hybridized carbons (Fsp3) is 0.556. The number of nitrogens with zero attached hydrogens (tertiary/aromatic N) is 2. The van der Waals surface area contributed by atoms with E-state index in [1.165, 1.54) is 22.9 Å². The van der Waals surface area contributed by atoms with Crippen LogP contribution in [-0.2, 0) is 4.79 Å². The van der Waals surface area contributed by atoms with Gasteiger partial charge in [-0.3, -0.25) is 4.79 Å². The number of nitrogens with one attached hydrogen (secondary N) is 1. The number of anilines is 1. The Bertz CT molecular complexity index is 655. The molecule has 3 heterocycles. The number of carbonyl (C=O) groups is 1. The van der Waals surface area contributed by atoms with Crippen LogP contribution < -0.4 is 10.2 Å². The maximum atomic E-state index is 12.4. The minimum Gasteiger partial charge on any atom is -0.356 e. The van der Waals surface area contributed by atoms with Gasteiger partial charge in [0.25, 0.3) is 0 Å². The van der Waals surface area contributed by atoms with Crippen LogP contribution >= 0.6 is 11.3 Å². The van der Waals surface area contributed by atoms with E-state index < -0.39 is 0 Å². The van der Waals surface area contributed by atoms with E-state index in [1.807, 2.05) is 6.20 Å². The van der Waals surface area contributed by atoms with Crippen LogP contribution in [0.15, 0.2) is 23.7 Å². The molecule has 2 aromatic heterocycles. The molecule has 1 aliphatic rings. The van der Waals surface area contributed by atoms with Gasteiger partial charge in [0.05, 0.1) is 5.92 Å². The van der Waals surface area contributed by atoms with Crippen LogP contribution in [0.4, 0.5) is 5.82 Å². The third-order valence-corrected chi connectivity index (χ3v) is 5.41. The van der Waals surface area contributed by atoms with E-state index in [4.69, 9.17) is 0 Å². The molecule has 124 valence electrons. The smallest absolute Gasteiger partial charge is 0.224 e. The number of hydrogen-bond acceptors (Lipinski definition) is 4. The van der Waals surface area contributed by atoms with Crippen molar-refractivity contribution in [2.24, 2.45) is 5.92 Å². The normalized spacial score (nSPS) is 18.3. The Balaban J connectivity index is 1.64. The molecule has 0 bridgehead atoms. The zero-order valence-corrected chi connectivity index (χ0v) is 14.6. The molecule has 1 N–H and O–H groups in total. The third kappa shape index (κ3) is 3.83. The molecular weight excluding hydrogens is 306 g/mol. The number of pyridine rings is 1. The van der Waals surface area contributed by atoms with E-state index in [2.05, 4.69) is 39.6 Å². The summed E-state index contributed by atoms with van der Waals surface area (Å²) < 4.78 is 1.26. The molecule has 0 radical (unpaired) electrons. The largest absolute Gasteiger partial charge is 0.356 e. The van der Waals surface area contributed by atoms with Gasteiger partial charge < -0.3 is 10.2 Å². The van der Waals surface area contributed by atoms with Crippen LogP contribution in [0, 0.1) is 5.92 Å². The Morgan fingerprint density at radius 3 is 3.22 bits per heavy atom. The van der Waals surface area contributed by atoms with Crippen molar-refractivity contribution in [1.82, 2.24) is 10.3 Å². The first-order valence-corrected chi connectivity index (χ1v) is 9.52. The van der Waals surface area contributed by atoms with Crippen LogP contribution in [0.2, 0.25) is 0 Å². The van der Waals surface area contributed by atoms with Crippen molar-refractivity contribution in [1.29, 1.82) is 0 Å². The number of carbonyl (C=O) groups excluding carboxylic acids is 1. The zero-order chi connectivity index (χ0) is 16.1. The second-order valence-corrected chi connectivity index (χ2v) is 7.20. The summed E-state index contributed by atoms with van der Waals surface area (Å²) in [5.41, 5.74) is 0. The maximum absolute atomic E-state index is 12.4. The van der Waals surface area contributed by atoms with Gasteiger partial charge in [-0.1, -0.05) is 19.8 Å². The molecule has 0 saturated carbocycles. The number of fused-ring (bicyclic) bond motifs is 1. The summed E-state index contributed by atoms with van der Waals surface area (Å²) in [6.07, 6.45) is 7.35. The summed E-state index contributed by atoms with van der Waals surface area (Å²) in [6, 6.07) is 4.20. The van der Waals surface area contributed by atoms with Crippen molar-refractivity contribution in [3.05, 3.63) is 23.7 Å². The zero-order valence-electron chi connectivity index (χ0n) is 13.8. The predicted octanol–water partition coefficient (Wildman–Crippen LogP) is 3.82. The minimum atomic E-state index is 0.0843. The number of unbranched alkanes of at least 4 members (excludes halogenated alkanes) is 2. The Hall–Kier alpha value is -1.62. The van der Waals surface area contributed by atoms with Crippen molar-refractivity contribution in [2.45, 2.75) is 39.0 Å². The topological polar surface area (TPSA) is 45.2 Å². The van der Waals surface area contributed by atoms with Gasteiger partial charge in [-0.15, -0.1) is 11.3 Å². The first kappa shape index (κ1) is 16.2. The Kier molecular flexibility index (Phi) is 5.49. The number of hydrogen-bond donors (Lipinski definition) is 1. The fourth-order valence-electron chi connectivity index (χ4n) is 3.25. The predicted molar refractivity (Wildman–Crippen MR) is 97.1 cm³/mol. The molecule has 1 aliphatic heterocycles. The molecule has 0 unspecified atom stereocenters. The molecule has 3 rings (SSSR count). The molecule has 2 aromatic rings. The molecule has 1 fully saturated rings. The van der Waals surface area contributed by atoms with Gasteiger partial charge in [0, 0.05) is 35.9 Å². The molecule has 1 atom stereocenters. The lowest BCUT2D eigenvalue weighted by Crippen LogP contribution is -2.43. The van der Waals surface area contributed by atoms with E-state index in [1.54, 1.807) is 11.3 Å². The molecule has 1 saturated heterocycles. The van der Waals surface area contributed by atoms with Crippen LogP contribution in [-0.4, -0.2) is 30.5 Å². The van der Waals surface area contributed by atoms with E-state index >= 15 is 0 Å². The minimum absolute atomic E-state index is 0.0843. The summed E-state index contributed by atoms with van der Waals surface area (Å²) in [4.78, 5) is 19.3. The molecule has 5 heteroatoms. The average Bonchev–Trinajstić information content (AvgIpc) is 3.07. The Labute approximate surface area is 141 Å². The van der Waals surface area contributed by atoms with Crippen molar-refractivity contribution < 1.29 is 4.79 Å². The van der Waals surface area contributed by atoms with Gasteiger partial charge in [0.2, 0.25) is 5.91 Å². The molecule has 0 spiro atoms. The highest BCUT2D eigenvalue weighted by Gasteiger charge is 2.27. The highest BCUT2D eigenvalue weighted by atomic mass is 32.1. The number of amides is 1. The number of thiophene rings is 1. The van der Waals surface area contributed by atoms with Crippen LogP contribution in [0.1, 0.15) is 39.0 Å². The highest BCUT2D eigenvalue weighted by Crippen LogP contribution is 2.31. The number of aromatic nitrogens is 1. The summed E-state index contributed by atoms with van der Waals surface area (Å²) >= 11 is 1.74. The van der Waals surface area contributed by atoms with Gasteiger partial charge in [-0.25, -0.2) is 4.98 Å². The summed E-state index contributed by atoms with van der Waals surface area (Å²) in [5.74, 6) is 1.33. The van der Waals surface area contributed by atoms with Gasteiger partial charge >= 0.3 is 0 Å². The Morgan fingerprint density at radius 1 is 1.43 bits per heavy atom. The standard InChI is InChI=1S/C18H25N3OS/c1-2-3-4-9-20-18(22)14-6-5-11-21(13-14)17-15-8-12-23-16(15)7-10-19-17/h7-8,10,12,14H,2-6,9,11,13H2,1H3,(H,20,22)/t14-/m0/s1. The van der Waals surface area contributed by atoms with Crippen molar-refractivity contribution in [3.63, 3.8) is 0 Å². The van der Waals surface area contributed by atoms with Crippen molar-refractivity contribution in [3.8, 4) is 0 Å². The van der Waals surface area contributed by atoms with Crippen molar-refractivity contribution in [2.75, 3.05) is 24.5 Å². The molecule has 23 heavy (non-hydrogen) atoms. The second-order valence-electron chi connectivity index (χ2n) is 6.25. The molecule has 1 amide bonds.